The summed E-state index contributed by atoms with van der Waals surface area (Å²) in [5.74, 6) is -1.13. The molecule has 1 aliphatic rings. The molecule has 0 aromatic heterocycles. The van der Waals surface area contributed by atoms with Gasteiger partial charge in [0, 0.05) is 12.1 Å². The van der Waals surface area contributed by atoms with Crippen molar-refractivity contribution >= 4 is 11.6 Å². The number of nitrogens with zero attached hydrogens (tertiary/aromatic N) is 1. The van der Waals surface area contributed by atoms with Gasteiger partial charge in [-0.3, -0.25) is 4.79 Å². The van der Waals surface area contributed by atoms with Crippen molar-refractivity contribution in [3.8, 4) is 0 Å². The number of hydrogen-bond acceptors (Lipinski definition) is 1. The standard InChI is InChI=1S/C16H13F2NO/c17-12-6-7-14-13(10-12)15(18)16(20)19(14)9-8-11-4-2-1-3-5-11/h1-7,10,15H,8-9H2. The van der Waals surface area contributed by atoms with Crippen LogP contribution in [-0.4, -0.2) is 12.5 Å². The van der Waals surface area contributed by atoms with E-state index in [0.717, 1.165) is 11.6 Å². The smallest absolute Gasteiger partial charge is 0.266 e. The third kappa shape index (κ3) is 2.18. The van der Waals surface area contributed by atoms with Gasteiger partial charge < -0.3 is 4.90 Å². The van der Waals surface area contributed by atoms with Gasteiger partial charge >= 0.3 is 0 Å². The third-order valence-electron chi connectivity index (χ3n) is 3.50. The van der Waals surface area contributed by atoms with Gasteiger partial charge in [-0.05, 0) is 30.2 Å². The van der Waals surface area contributed by atoms with Gasteiger partial charge in [-0.1, -0.05) is 30.3 Å². The molecule has 2 aromatic carbocycles. The van der Waals surface area contributed by atoms with Crippen molar-refractivity contribution in [3.63, 3.8) is 0 Å². The largest absolute Gasteiger partial charge is 0.309 e. The highest BCUT2D eigenvalue weighted by atomic mass is 19.1. The van der Waals surface area contributed by atoms with E-state index in [9.17, 15) is 13.6 Å². The van der Waals surface area contributed by atoms with Crippen LogP contribution in [0, 0.1) is 5.82 Å². The fourth-order valence-corrected chi connectivity index (χ4v) is 2.48. The highest BCUT2D eigenvalue weighted by Crippen LogP contribution is 2.38. The maximum atomic E-state index is 13.9. The Labute approximate surface area is 115 Å². The Balaban J connectivity index is 1.83. The SMILES string of the molecule is O=C1C(F)c2cc(F)ccc2N1CCc1ccccc1. The lowest BCUT2D eigenvalue weighted by Crippen LogP contribution is -2.29. The molecule has 102 valence electrons. The first kappa shape index (κ1) is 12.8. The Hall–Kier alpha value is -2.23. The van der Waals surface area contributed by atoms with Gasteiger partial charge in [-0.15, -0.1) is 0 Å². The third-order valence-corrected chi connectivity index (χ3v) is 3.50. The number of rotatable bonds is 3. The summed E-state index contributed by atoms with van der Waals surface area (Å²) in [5, 5.41) is 0. The Morgan fingerprint density at radius 1 is 1.10 bits per heavy atom. The molecule has 1 heterocycles. The summed E-state index contributed by atoms with van der Waals surface area (Å²) in [6, 6.07) is 13.5. The summed E-state index contributed by atoms with van der Waals surface area (Å²) in [5.41, 5.74) is 1.68. The molecule has 4 heteroatoms. The molecule has 2 nitrogen and oxygen atoms in total. The van der Waals surface area contributed by atoms with E-state index < -0.39 is 17.9 Å². The monoisotopic (exact) mass is 273 g/mol. The Bertz CT molecular complexity index is 642. The maximum absolute atomic E-state index is 13.9. The van der Waals surface area contributed by atoms with Crippen LogP contribution in [0.25, 0.3) is 0 Å². The lowest BCUT2D eigenvalue weighted by Gasteiger charge is -2.17. The van der Waals surface area contributed by atoms with E-state index in [4.69, 9.17) is 0 Å². The lowest BCUT2D eigenvalue weighted by molar-refractivity contribution is -0.122. The van der Waals surface area contributed by atoms with Crippen molar-refractivity contribution in [2.75, 3.05) is 11.4 Å². The average molecular weight is 273 g/mol. The molecule has 2 aromatic rings. The number of hydrogen-bond donors (Lipinski definition) is 0. The molecule has 0 radical (unpaired) electrons. The molecule has 1 amide bonds. The summed E-state index contributed by atoms with van der Waals surface area (Å²) < 4.78 is 27.1. The van der Waals surface area contributed by atoms with Crippen LogP contribution in [0.4, 0.5) is 14.5 Å². The second-order valence-electron chi connectivity index (χ2n) is 4.79. The molecule has 0 N–H and O–H groups in total. The lowest BCUT2D eigenvalue weighted by atomic mass is 10.1. The van der Waals surface area contributed by atoms with E-state index in [1.807, 2.05) is 30.3 Å². The molecule has 1 unspecified atom stereocenters. The van der Waals surface area contributed by atoms with E-state index in [2.05, 4.69) is 0 Å². The molecule has 0 saturated heterocycles. The molecular formula is C16H13F2NO. The summed E-state index contributed by atoms with van der Waals surface area (Å²) in [4.78, 5) is 13.3. The zero-order valence-corrected chi connectivity index (χ0v) is 10.7. The number of anilines is 1. The van der Waals surface area contributed by atoms with Gasteiger partial charge in [0.05, 0.1) is 5.69 Å². The number of benzene rings is 2. The highest BCUT2D eigenvalue weighted by Gasteiger charge is 2.37. The molecule has 20 heavy (non-hydrogen) atoms. The van der Waals surface area contributed by atoms with Crippen molar-refractivity contribution < 1.29 is 13.6 Å². The van der Waals surface area contributed by atoms with Crippen LogP contribution in [0.1, 0.15) is 17.3 Å². The van der Waals surface area contributed by atoms with Gasteiger partial charge in [0.15, 0.2) is 0 Å². The van der Waals surface area contributed by atoms with Crippen molar-refractivity contribution in [2.45, 2.75) is 12.6 Å². The highest BCUT2D eigenvalue weighted by molar-refractivity contribution is 6.03. The number of carbonyl (C=O) groups is 1. The number of alkyl halides is 1. The van der Waals surface area contributed by atoms with Crippen molar-refractivity contribution in [1.29, 1.82) is 0 Å². The van der Waals surface area contributed by atoms with Crippen LogP contribution in [0.3, 0.4) is 0 Å². The predicted octanol–water partition coefficient (Wildman–Crippen LogP) is 3.43. The summed E-state index contributed by atoms with van der Waals surface area (Å²) in [6.07, 6.45) is -1.12. The van der Waals surface area contributed by atoms with E-state index in [1.165, 1.54) is 17.0 Å². The van der Waals surface area contributed by atoms with E-state index in [-0.39, 0.29) is 5.56 Å². The zero-order chi connectivity index (χ0) is 14.1. The minimum Gasteiger partial charge on any atom is -0.309 e. The van der Waals surface area contributed by atoms with Gasteiger partial charge in [-0.25, -0.2) is 8.78 Å². The van der Waals surface area contributed by atoms with Crippen LogP contribution >= 0.6 is 0 Å². The Morgan fingerprint density at radius 2 is 1.85 bits per heavy atom. The molecule has 3 rings (SSSR count). The molecule has 0 fully saturated rings. The van der Waals surface area contributed by atoms with Gasteiger partial charge in [0.1, 0.15) is 5.82 Å². The Morgan fingerprint density at radius 3 is 2.60 bits per heavy atom. The van der Waals surface area contributed by atoms with Gasteiger partial charge in [-0.2, -0.15) is 0 Å². The zero-order valence-electron chi connectivity index (χ0n) is 10.7. The summed E-state index contributed by atoms with van der Waals surface area (Å²) in [7, 11) is 0. The molecule has 0 bridgehead atoms. The Kier molecular flexibility index (Phi) is 3.22. The molecular weight excluding hydrogens is 260 g/mol. The second-order valence-corrected chi connectivity index (χ2v) is 4.79. The fraction of sp³-hybridized carbons (Fsp3) is 0.188. The van der Waals surface area contributed by atoms with Crippen molar-refractivity contribution in [2.24, 2.45) is 0 Å². The second kappa shape index (κ2) is 5.04. The summed E-state index contributed by atoms with van der Waals surface area (Å²) >= 11 is 0. The predicted molar refractivity (Wildman–Crippen MR) is 72.7 cm³/mol. The van der Waals surface area contributed by atoms with Gasteiger partial charge in [0.2, 0.25) is 6.17 Å². The number of fused-ring (bicyclic) bond motifs is 1. The first-order valence-corrected chi connectivity index (χ1v) is 6.45. The van der Waals surface area contributed by atoms with E-state index >= 15 is 0 Å². The van der Waals surface area contributed by atoms with Crippen LogP contribution in [0.15, 0.2) is 48.5 Å². The van der Waals surface area contributed by atoms with E-state index in [1.54, 1.807) is 0 Å². The number of carbonyl (C=O) groups excluding carboxylic acids is 1. The number of amides is 1. The maximum Gasteiger partial charge on any atom is 0.266 e. The minimum absolute atomic E-state index is 0.128. The quantitative estimate of drug-likeness (QED) is 0.839. The fourth-order valence-electron chi connectivity index (χ4n) is 2.48. The number of halogens is 2. The average Bonchev–Trinajstić information content (AvgIpc) is 2.70. The van der Waals surface area contributed by atoms with Crippen molar-refractivity contribution in [3.05, 3.63) is 65.5 Å². The van der Waals surface area contributed by atoms with Crippen LogP contribution in [0.2, 0.25) is 0 Å². The van der Waals surface area contributed by atoms with Crippen LogP contribution in [0.5, 0.6) is 0 Å². The van der Waals surface area contributed by atoms with Crippen molar-refractivity contribution in [1.82, 2.24) is 0 Å². The van der Waals surface area contributed by atoms with Crippen LogP contribution in [-0.2, 0) is 11.2 Å². The van der Waals surface area contributed by atoms with Gasteiger partial charge in [0.25, 0.3) is 5.91 Å². The molecule has 0 aliphatic carbocycles. The topological polar surface area (TPSA) is 20.3 Å². The molecule has 1 aliphatic heterocycles. The van der Waals surface area contributed by atoms with E-state index in [0.29, 0.717) is 18.7 Å². The molecule has 1 atom stereocenters. The normalized spacial score (nSPS) is 17.4. The molecule has 0 saturated carbocycles. The summed E-state index contributed by atoms with van der Waals surface area (Å²) in [6.45, 7) is 0.391. The first-order valence-electron chi connectivity index (χ1n) is 6.45. The first-order chi connectivity index (χ1) is 9.66. The van der Waals surface area contributed by atoms with Crippen LogP contribution < -0.4 is 4.90 Å². The molecule has 0 spiro atoms. The minimum atomic E-state index is -1.75.